The molecule has 1 saturated carbocycles. The van der Waals surface area contributed by atoms with Crippen molar-refractivity contribution in [2.45, 2.75) is 76.5 Å². The molecule has 6 atom stereocenters. The van der Waals surface area contributed by atoms with Crippen LogP contribution in [0.4, 0.5) is 0 Å². The van der Waals surface area contributed by atoms with Crippen LogP contribution in [-0.4, -0.2) is 62.3 Å². The molecule has 0 amide bonds. The summed E-state index contributed by atoms with van der Waals surface area (Å²) in [6.45, 7) is 13.6. The van der Waals surface area contributed by atoms with E-state index in [9.17, 15) is 4.79 Å². The molecule has 3 aliphatic rings. The van der Waals surface area contributed by atoms with E-state index < -0.39 is 0 Å². The maximum atomic E-state index is 12.3. The lowest BCUT2D eigenvalue weighted by atomic mass is 9.68. The molecule has 1 spiro atoms. The Labute approximate surface area is 168 Å². The normalized spacial score (nSPS) is 38.8. The number of carbonyl (C=O) groups excluding carboxylic acids is 1. The average Bonchev–Trinajstić information content (AvgIpc) is 3.52. The Balaban J connectivity index is 1.66. The Morgan fingerprint density at radius 2 is 2.04 bits per heavy atom. The van der Waals surface area contributed by atoms with Gasteiger partial charge in [-0.3, -0.25) is 4.79 Å². The number of hydrogen-bond donors (Lipinski definition) is 1. The Bertz CT molecular complexity index is 637. The largest absolute Gasteiger partial charge is 0.459 e. The highest BCUT2D eigenvalue weighted by molar-refractivity contribution is 5.72. The summed E-state index contributed by atoms with van der Waals surface area (Å²) in [6.07, 6.45) is 4.34. The topological polar surface area (TPSA) is 72.6 Å². The molecule has 2 heterocycles. The molecule has 6 heteroatoms. The second kappa shape index (κ2) is 8.27. The van der Waals surface area contributed by atoms with E-state index in [0.717, 1.165) is 31.4 Å². The molecular formula is C22H35NO5. The van der Waals surface area contributed by atoms with Gasteiger partial charge in [0.2, 0.25) is 0 Å². The molecule has 0 bridgehead atoms. The Morgan fingerprint density at radius 1 is 1.32 bits per heavy atom. The fourth-order valence-corrected chi connectivity index (χ4v) is 4.66. The third-order valence-corrected chi connectivity index (χ3v) is 6.22. The Hall–Kier alpha value is -1.21. The van der Waals surface area contributed by atoms with Crippen molar-refractivity contribution in [3.63, 3.8) is 0 Å². The van der Waals surface area contributed by atoms with Crippen molar-refractivity contribution in [1.82, 2.24) is 5.32 Å². The number of methoxy groups -OCH3 is 1. The van der Waals surface area contributed by atoms with Crippen molar-refractivity contribution in [1.29, 1.82) is 0 Å². The predicted octanol–water partition coefficient (Wildman–Crippen LogP) is 2.77. The lowest BCUT2D eigenvalue weighted by Gasteiger charge is -2.42. The summed E-state index contributed by atoms with van der Waals surface area (Å²) in [4.78, 5) is 12.3. The van der Waals surface area contributed by atoms with Crippen LogP contribution in [-0.2, 0) is 23.7 Å². The molecule has 3 rings (SSSR count). The van der Waals surface area contributed by atoms with Gasteiger partial charge in [0, 0.05) is 13.7 Å². The van der Waals surface area contributed by atoms with Crippen LogP contribution in [0.2, 0.25) is 0 Å². The molecule has 1 N–H and O–H groups in total. The van der Waals surface area contributed by atoms with Crippen LogP contribution in [0.25, 0.3) is 0 Å². The average molecular weight is 394 g/mol. The summed E-state index contributed by atoms with van der Waals surface area (Å²) >= 11 is 0. The molecule has 1 aliphatic carbocycles. The lowest BCUT2D eigenvalue weighted by Crippen LogP contribution is -2.56. The van der Waals surface area contributed by atoms with Crippen molar-refractivity contribution in [2.24, 2.45) is 5.92 Å². The standard InChI is InChI=1S/C22H35NO5/c1-14(2)7-8-17-21(5,28-17)20-19(25-6)16(9-10-22(20)13-26-22)27-18(24)12-23-11-15(3)4/h7,16-17,19-20,23H,3,8-13H2,1-2,4-6H3/t16-,17-,19-,20-,21+,22+/m1/s1. The minimum Gasteiger partial charge on any atom is -0.459 e. The molecule has 2 aliphatic heterocycles. The summed E-state index contributed by atoms with van der Waals surface area (Å²) in [5, 5.41) is 3.05. The number of nitrogens with one attached hydrogen (secondary N) is 1. The zero-order chi connectivity index (χ0) is 20.5. The summed E-state index contributed by atoms with van der Waals surface area (Å²) in [6, 6.07) is 0. The van der Waals surface area contributed by atoms with Crippen molar-refractivity contribution in [2.75, 3.05) is 26.8 Å². The number of rotatable bonds is 9. The first-order valence-electron chi connectivity index (χ1n) is 10.2. The van der Waals surface area contributed by atoms with E-state index in [1.165, 1.54) is 5.57 Å². The third-order valence-electron chi connectivity index (χ3n) is 6.22. The van der Waals surface area contributed by atoms with Crippen molar-refractivity contribution in [3.8, 4) is 0 Å². The van der Waals surface area contributed by atoms with Crippen LogP contribution in [0.5, 0.6) is 0 Å². The smallest absolute Gasteiger partial charge is 0.320 e. The van der Waals surface area contributed by atoms with Crippen molar-refractivity contribution >= 4 is 5.97 Å². The van der Waals surface area contributed by atoms with Gasteiger partial charge in [0.05, 0.1) is 25.2 Å². The van der Waals surface area contributed by atoms with Gasteiger partial charge in [0.1, 0.15) is 23.4 Å². The quantitative estimate of drug-likeness (QED) is 0.369. The molecule has 0 unspecified atom stereocenters. The molecule has 3 fully saturated rings. The van der Waals surface area contributed by atoms with Gasteiger partial charge >= 0.3 is 5.97 Å². The first-order valence-corrected chi connectivity index (χ1v) is 10.2. The highest BCUT2D eigenvalue weighted by Crippen LogP contribution is 2.59. The van der Waals surface area contributed by atoms with Gasteiger partial charge in [-0.15, -0.1) is 0 Å². The summed E-state index contributed by atoms with van der Waals surface area (Å²) in [5.41, 5.74) is 1.76. The maximum absolute atomic E-state index is 12.3. The van der Waals surface area contributed by atoms with Gasteiger partial charge in [-0.2, -0.15) is 0 Å². The van der Waals surface area contributed by atoms with Crippen LogP contribution < -0.4 is 5.32 Å². The fourth-order valence-electron chi connectivity index (χ4n) is 4.66. The first-order chi connectivity index (χ1) is 13.2. The molecule has 6 nitrogen and oxygen atoms in total. The second-order valence-electron chi connectivity index (χ2n) is 8.97. The van der Waals surface area contributed by atoms with E-state index in [4.69, 9.17) is 18.9 Å². The zero-order valence-corrected chi connectivity index (χ0v) is 17.9. The van der Waals surface area contributed by atoms with Crippen LogP contribution in [0.15, 0.2) is 23.8 Å². The van der Waals surface area contributed by atoms with E-state index in [1.54, 1.807) is 7.11 Å². The monoisotopic (exact) mass is 393 g/mol. The lowest BCUT2D eigenvalue weighted by molar-refractivity contribution is -0.170. The number of allylic oxidation sites excluding steroid dienone is 1. The molecule has 0 aromatic heterocycles. The number of esters is 1. The van der Waals surface area contributed by atoms with Gasteiger partial charge in [-0.05, 0) is 47.0 Å². The molecular weight excluding hydrogens is 358 g/mol. The number of ether oxygens (including phenoxy) is 4. The van der Waals surface area contributed by atoms with Gasteiger partial charge in [0.15, 0.2) is 0 Å². The summed E-state index contributed by atoms with van der Waals surface area (Å²) < 4.78 is 23.8. The number of carbonyl (C=O) groups is 1. The van der Waals surface area contributed by atoms with Gasteiger partial charge in [-0.1, -0.05) is 23.8 Å². The van der Waals surface area contributed by atoms with Gasteiger partial charge in [-0.25, -0.2) is 0 Å². The van der Waals surface area contributed by atoms with Crippen molar-refractivity contribution in [3.05, 3.63) is 23.8 Å². The highest BCUT2D eigenvalue weighted by atomic mass is 16.6. The van der Waals surface area contributed by atoms with E-state index >= 15 is 0 Å². The number of epoxide rings is 2. The molecule has 0 aromatic rings. The molecule has 158 valence electrons. The van der Waals surface area contributed by atoms with E-state index in [1.807, 2.05) is 6.92 Å². The van der Waals surface area contributed by atoms with E-state index in [2.05, 4.69) is 38.7 Å². The molecule has 2 saturated heterocycles. The summed E-state index contributed by atoms with van der Waals surface area (Å²) in [5.74, 6) is -0.210. The maximum Gasteiger partial charge on any atom is 0.320 e. The van der Waals surface area contributed by atoms with E-state index in [-0.39, 0.29) is 47.9 Å². The van der Waals surface area contributed by atoms with Crippen LogP contribution in [0, 0.1) is 5.92 Å². The van der Waals surface area contributed by atoms with Crippen LogP contribution >= 0.6 is 0 Å². The molecule has 28 heavy (non-hydrogen) atoms. The SMILES string of the molecule is C=C(C)CNCC(=O)O[C@@H]1CC[C@]2(CO2)[C@@H]([C@@]2(C)O[C@@H]2CC=C(C)C)[C@@H]1OC. The fraction of sp³-hybridized carbons (Fsp3) is 0.773. The number of hydrogen-bond acceptors (Lipinski definition) is 6. The zero-order valence-electron chi connectivity index (χ0n) is 17.9. The second-order valence-corrected chi connectivity index (χ2v) is 8.97. The minimum absolute atomic E-state index is 0.0514. The van der Waals surface area contributed by atoms with Crippen molar-refractivity contribution < 1.29 is 23.7 Å². The predicted molar refractivity (Wildman–Crippen MR) is 107 cm³/mol. The van der Waals surface area contributed by atoms with E-state index in [0.29, 0.717) is 6.54 Å². The van der Waals surface area contributed by atoms with Gasteiger partial charge < -0.3 is 24.3 Å². The van der Waals surface area contributed by atoms with Crippen LogP contribution in [0.3, 0.4) is 0 Å². The Morgan fingerprint density at radius 3 is 2.61 bits per heavy atom. The summed E-state index contributed by atoms with van der Waals surface area (Å²) in [7, 11) is 1.69. The molecule has 0 radical (unpaired) electrons. The first kappa shape index (κ1) is 21.5. The minimum atomic E-state index is -0.313. The third kappa shape index (κ3) is 4.51. The van der Waals surface area contributed by atoms with Crippen LogP contribution in [0.1, 0.15) is 47.0 Å². The van der Waals surface area contributed by atoms with Gasteiger partial charge in [0.25, 0.3) is 0 Å². The molecule has 0 aromatic carbocycles. The highest BCUT2D eigenvalue weighted by Gasteiger charge is 2.72. The Kier molecular flexibility index (Phi) is 6.35.